The topological polar surface area (TPSA) is 137 Å². The number of carboxylic acid groups (broad SMARTS) is 1. The summed E-state index contributed by atoms with van der Waals surface area (Å²) in [5, 5.41) is 11.7. The minimum atomic E-state index is -0.906. The molecule has 2 N–H and O–H groups in total. The van der Waals surface area contributed by atoms with Crippen LogP contribution < -0.4 is 19.5 Å². The van der Waals surface area contributed by atoms with E-state index in [0.29, 0.717) is 40.3 Å². The number of hydrogen-bond donors (Lipinski definition) is 2. The molecular formula is C28H31NO9. The number of benzene rings is 2. The van der Waals surface area contributed by atoms with Crippen LogP contribution in [-0.2, 0) is 32.1 Å². The Kier molecular flexibility index (Phi) is 9.48. The number of ether oxygens (including phenoxy) is 4. The molecule has 2 aromatic rings. The summed E-state index contributed by atoms with van der Waals surface area (Å²) in [5.74, 6) is -1.55. The second-order valence-corrected chi connectivity index (χ2v) is 8.80. The van der Waals surface area contributed by atoms with Crippen molar-refractivity contribution in [3.63, 3.8) is 0 Å². The Morgan fingerprint density at radius 3 is 2.53 bits per heavy atom. The molecule has 1 heterocycles. The van der Waals surface area contributed by atoms with Crippen molar-refractivity contribution in [2.45, 2.75) is 52.6 Å². The smallest absolute Gasteiger partial charge is 0.342 e. The van der Waals surface area contributed by atoms with Crippen molar-refractivity contribution in [1.29, 1.82) is 0 Å². The number of carbonyl (C=O) groups is 4. The molecule has 0 aromatic heterocycles. The lowest BCUT2D eigenvalue weighted by molar-refractivity contribution is -0.137. The summed E-state index contributed by atoms with van der Waals surface area (Å²) in [7, 11) is 3.00. The van der Waals surface area contributed by atoms with E-state index in [2.05, 4.69) is 5.32 Å². The molecular weight excluding hydrogens is 494 g/mol. The molecule has 2 aromatic carbocycles. The number of methoxy groups -OCH3 is 2. The van der Waals surface area contributed by atoms with Gasteiger partial charge in [-0.05, 0) is 44.4 Å². The van der Waals surface area contributed by atoms with Crippen LogP contribution in [0.15, 0.2) is 35.9 Å². The zero-order valence-corrected chi connectivity index (χ0v) is 21.8. The summed E-state index contributed by atoms with van der Waals surface area (Å²) < 4.78 is 21.7. The first kappa shape index (κ1) is 28.2. The lowest BCUT2D eigenvalue weighted by Gasteiger charge is -2.19. The van der Waals surface area contributed by atoms with E-state index in [9.17, 15) is 19.2 Å². The fraction of sp³-hybridized carbons (Fsp3) is 0.357. The number of carboxylic acids is 1. The summed E-state index contributed by atoms with van der Waals surface area (Å²) in [6.45, 7) is 3.62. The largest absolute Gasteiger partial charge is 0.497 e. The second kappa shape index (κ2) is 12.8. The lowest BCUT2D eigenvalue weighted by Crippen LogP contribution is -2.18. The number of hydrogen-bond acceptors (Lipinski definition) is 8. The van der Waals surface area contributed by atoms with Crippen LogP contribution in [-0.4, -0.2) is 43.1 Å². The number of rotatable bonds is 12. The van der Waals surface area contributed by atoms with Gasteiger partial charge in [0.15, 0.2) is 5.75 Å². The van der Waals surface area contributed by atoms with Crippen molar-refractivity contribution >= 4 is 29.5 Å². The van der Waals surface area contributed by atoms with Crippen LogP contribution in [0.5, 0.6) is 17.2 Å². The Balaban J connectivity index is 1.81. The number of esters is 2. The van der Waals surface area contributed by atoms with E-state index in [-0.39, 0.29) is 43.6 Å². The Morgan fingerprint density at radius 2 is 1.84 bits per heavy atom. The molecule has 0 spiro atoms. The van der Waals surface area contributed by atoms with Crippen molar-refractivity contribution in [1.82, 2.24) is 0 Å². The van der Waals surface area contributed by atoms with Gasteiger partial charge in [0.05, 0.1) is 20.6 Å². The van der Waals surface area contributed by atoms with Gasteiger partial charge in [-0.25, -0.2) is 4.79 Å². The zero-order valence-electron chi connectivity index (χ0n) is 21.8. The molecule has 10 heteroatoms. The van der Waals surface area contributed by atoms with Crippen molar-refractivity contribution in [3.05, 3.63) is 58.2 Å². The fourth-order valence-electron chi connectivity index (χ4n) is 4.11. The molecule has 0 atom stereocenters. The third kappa shape index (κ3) is 6.90. The van der Waals surface area contributed by atoms with Gasteiger partial charge in [0.25, 0.3) is 0 Å². The monoisotopic (exact) mass is 525 g/mol. The van der Waals surface area contributed by atoms with Gasteiger partial charge < -0.3 is 29.4 Å². The maximum atomic E-state index is 12.8. The highest BCUT2D eigenvalue weighted by molar-refractivity contribution is 5.99. The quantitative estimate of drug-likeness (QED) is 0.235. The Bertz CT molecular complexity index is 1280. The Hall–Kier alpha value is -4.34. The number of amides is 1. The van der Waals surface area contributed by atoms with Gasteiger partial charge >= 0.3 is 17.9 Å². The van der Waals surface area contributed by atoms with Crippen LogP contribution in [0.25, 0.3) is 0 Å². The number of aliphatic carboxylic acids is 1. The number of fused-ring (bicyclic) bond motifs is 1. The molecule has 1 aliphatic rings. The summed E-state index contributed by atoms with van der Waals surface area (Å²) in [4.78, 5) is 48.7. The van der Waals surface area contributed by atoms with Crippen molar-refractivity contribution < 1.29 is 43.2 Å². The molecule has 0 bridgehead atoms. The summed E-state index contributed by atoms with van der Waals surface area (Å²) in [6, 6.07) is 6.83. The van der Waals surface area contributed by atoms with Crippen LogP contribution in [0.2, 0.25) is 0 Å². The fourth-order valence-corrected chi connectivity index (χ4v) is 4.11. The normalized spacial score (nSPS) is 12.4. The van der Waals surface area contributed by atoms with Gasteiger partial charge in [0, 0.05) is 35.7 Å². The molecule has 0 saturated carbocycles. The Labute approximate surface area is 220 Å². The number of cyclic esters (lactones) is 1. The van der Waals surface area contributed by atoms with Crippen molar-refractivity contribution in [2.24, 2.45) is 0 Å². The van der Waals surface area contributed by atoms with Crippen molar-refractivity contribution in [2.75, 3.05) is 19.5 Å². The van der Waals surface area contributed by atoms with E-state index < -0.39 is 23.8 Å². The first-order valence-electron chi connectivity index (χ1n) is 12.1. The average molecular weight is 526 g/mol. The predicted octanol–water partition coefficient (Wildman–Crippen LogP) is 4.36. The first-order valence-corrected chi connectivity index (χ1v) is 12.1. The number of nitrogens with one attached hydrogen (secondary N) is 1. The molecule has 0 aliphatic carbocycles. The van der Waals surface area contributed by atoms with Crippen LogP contribution in [0, 0.1) is 6.92 Å². The first-order chi connectivity index (χ1) is 18.1. The molecule has 0 saturated heterocycles. The number of allylic oxidation sites excluding steroid dienone is 2. The van der Waals surface area contributed by atoms with Gasteiger partial charge in [-0.15, -0.1) is 0 Å². The minimum absolute atomic E-state index is 0.0192. The van der Waals surface area contributed by atoms with E-state index in [1.807, 2.05) is 6.08 Å². The SMILES string of the molecule is COc1cccc(NC(=O)CCC(=O)Oc2c(C/C=C(\C)CCC(=O)O)c(OC)c(C)c3c2C(=O)OC3)c1. The van der Waals surface area contributed by atoms with Crippen LogP contribution in [0.3, 0.4) is 0 Å². The summed E-state index contributed by atoms with van der Waals surface area (Å²) in [6.07, 6.45) is 1.99. The molecule has 1 aliphatic heterocycles. The van der Waals surface area contributed by atoms with Gasteiger partial charge in [-0.3, -0.25) is 14.4 Å². The highest BCUT2D eigenvalue weighted by Gasteiger charge is 2.34. The average Bonchev–Trinajstić information content (AvgIpc) is 3.28. The lowest BCUT2D eigenvalue weighted by atomic mass is 9.94. The number of anilines is 1. The highest BCUT2D eigenvalue weighted by Crippen LogP contribution is 2.43. The maximum absolute atomic E-state index is 12.8. The van der Waals surface area contributed by atoms with E-state index in [0.717, 1.165) is 5.57 Å². The van der Waals surface area contributed by atoms with Crippen molar-refractivity contribution in [3.8, 4) is 17.2 Å². The zero-order chi connectivity index (χ0) is 27.8. The molecule has 0 radical (unpaired) electrons. The third-order valence-electron chi connectivity index (χ3n) is 6.14. The van der Waals surface area contributed by atoms with Gasteiger partial charge in [-0.1, -0.05) is 17.7 Å². The van der Waals surface area contributed by atoms with Crippen LogP contribution in [0.4, 0.5) is 5.69 Å². The van der Waals surface area contributed by atoms with Gasteiger partial charge in [0.1, 0.15) is 23.7 Å². The second-order valence-electron chi connectivity index (χ2n) is 8.80. The Morgan fingerprint density at radius 1 is 1.08 bits per heavy atom. The molecule has 0 unspecified atom stereocenters. The van der Waals surface area contributed by atoms with Gasteiger partial charge in [-0.2, -0.15) is 0 Å². The third-order valence-corrected chi connectivity index (χ3v) is 6.14. The minimum Gasteiger partial charge on any atom is -0.497 e. The molecule has 202 valence electrons. The molecule has 38 heavy (non-hydrogen) atoms. The predicted molar refractivity (Wildman–Crippen MR) is 138 cm³/mol. The summed E-state index contributed by atoms with van der Waals surface area (Å²) >= 11 is 0. The van der Waals surface area contributed by atoms with Crippen LogP contribution >= 0.6 is 0 Å². The number of carbonyl (C=O) groups excluding carboxylic acids is 3. The molecule has 10 nitrogen and oxygen atoms in total. The van der Waals surface area contributed by atoms with E-state index in [4.69, 9.17) is 24.1 Å². The highest BCUT2D eigenvalue weighted by atomic mass is 16.6. The van der Waals surface area contributed by atoms with Crippen LogP contribution in [0.1, 0.15) is 59.7 Å². The standard InChI is InChI=1S/C28H31NO9/c1-16(9-12-23(31)32)8-10-20-26(36-4)17(2)21-15-37-28(34)25(21)27(20)38-24(33)13-11-22(30)29-18-6-5-7-19(14-18)35-3/h5-8,14H,9-13,15H2,1-4H3,(H,29,30)(H,31,32)/b16-8+. The summed E-state index contributed by atoms with van der Waals surface area (Å²) in [5.41, 5.74) is 3.23. The van der Waals surface area contributed by atoms with E-state index >= 15 is 0 Å². The van der Waals surface area contributed by atoms with E-state index in [1.165, 1.54) is 14.2 Å². The van der Waals surface area contributed by atoms with Gasteiger partial charge in [0.2, 0.25) is 5.91 Å². The molecule has 1 amide bonds. The molecule has 3 rings (SSSR count). The molecule has 0 fully saturated rings. The van der Waals surface area contributed by atoms with E-state index in [1.54, 1.807) is 38.1 Å². The maximum Gasteiger partial charge on any atom is 0.342 e.